The number of pyridine rings is 1. The quantitative estimate of drug-likeness (QED) is 0.593. The van der Waals surface area contributed by atoms with Crippen molar-refractivity contribution in [3.05, 3.63) is 47.1 Å². The van der Waals surface area contributed by atoms with Crippen LogP contribution in [0.2, 0.25) is 5.02 Å². The van der Waals surface area contributed by atoms with Gasteiger partial charge in [-0.15, -0.1) is 0 Å². The number of halogens is 1. The van der Waals surface area contributed by atoms with E-state index in [2.05, 4.69) is 15.1 Å². The van der Waals surface area contributed by atoms with Gasteiger partial charge in [0.1, 0.15) is 10.7 Å². The van der Waals surface area contributed by atoms with Crippen LogP contribution >= 0.6 is 11.6 Å². The molecular formula is C12H13ClN4O2S. The van der Waals surface area contributed by atoms with Gasteiger partial charge >= 0.3 is 0 Å². The van der Waals surface area contributed by atoms with Crippen molar-refractivity contribution < 1.29 is 8.42 Å². The van der Waals surface area contributed by atoms with Crippen molar-refractivity contribution in [1.82, 2.24) is 4.98 Å². The molecule has 4 N–H and O–H groups in total. The van der Waals surface area contributed by atoms with E-state index in [0.29, 0.717) is 16.5 Å². The van der Waals surface area contributed by atoms with Gasteiger partial charge in [-0.05, 0) is 36.8 Å². The number of aromatic nitrogens is 1. The van der Waals surface area contributed by atoms with Crippen molar-refractivity contribution >= 4 is 33.1 Å². The molecule has 0 radical (unpaired) electrons. The summed E-state index contributed by atoms with van der Waals surface area (Å²) in [6.07, 6.45) is 1.21. The monoisotopic (exact) mass is 312 g/mol. The summed E-state index contributed by atoms with van der Waals surface area (Å²) >= 11 is 5.97. The maximum Gasteiger partial charge on any atom is 0.263 e. The van der Waals surface area contributed by atoms with Gasteiger partial charge in [-0.1, -0.05) is 17.7 Å². The van der Waals surface area contributed by atoms with E-state index < -0.39 is 10.0 Å². The lowest BCUT2D eigenvalue weighted by molar-refractivity contribution is 0.601. The summed E-state index contributed by atoms with van der Waals surface area (Å²) in [4.78, 5) is 3.88. The molecule has 0 atom stereocenters. The van der Waals surface area contributed by atoms with Crippen molar-refractivity contribution in [2.24, 2.45) is 5.84 Å². The van der Waals surface area contributed by atoms with Crippen LogP contribution < -0.4 is 16.0 Å². The van der Waals surface area contributed by atoms with Crippen molar-refractivity contribution in [3.8, 4) is 0 Å². The van der Waals surface area contributed by atoms with Gasteiger partial charge in [-0.2, -0.15) is 0 Å². The van der Waals surface area contributed by atoms with Crippen LogP contribution in [0, 0.1) is 6.92 Å². The van der Waals surface area contributed by atoms with Crippen LogP contribution in [-0.4, -0.2) is 13.4 Å². The Kier molecular flexibility index (Phi) is 4.12. The van der Waals surface area contributed by atoms with Crippen LogP contribution in [0.25, 0.3) is 0 Å². The molecule has 8 heteroatoms. The molecule has 0 aliphatic rings. The second-order valence-electron chi connectivity index (χ2n) is 4.11. The predicted molar refractivity (Wildman–Crippen MR) is 79.0 cm³/mol. The van der Waals surface area contributed by atoms with E-state index in [0.717, 1.165) is 5.56 Å². The highest BCUT2D eigenvalue weighted by molar-refractivity contribution is 7.92. The van der Waals surface area contributed by atoms with E-state index in [1.54, 1.807) is 18.2 Å². The third kappa shape index (κ3) is 3.19. The van der Waals surface area contributed by atoms with E-state index in [9.17, 15) is 8.42 Å². The van der Waals surface area contributed by atoms with Crippen molar-refractivity contribution in [3.63, 3.8) is 0 Å². The number of nitrogens with one attached hydrogen (secondary N) is 2. The maximum atomic E-state index is 12.2. The average Bonchev–Trinajstić information content (AvgIpc) is 2.43. The Bertz CT molecular complexity index is 717. The number of nitrogens with zero attached hydrogens (tertiary/aromatic N) is 1. The number of benzene rings is 1. The standard InChI is InChI=1S/C12H13ClN4O2S/c1-8-2-4-10(13)11(6-8)17-20(18,19)9-3-5-12(16-14)15-7-9/h2-7,17H,14H2,1H3,(H,15,16). The smallest absolute Gasteiger partial charge is 0.263 e. The second-order valence-corrected chi connectivity index (χ2v) is 6.20. The summed E-state index contributed by atoms with van der Waals surface area (Å²) in [7, 11) is -3.74. The third-order valence-electron chi connectivity index (χ3n) is 2.56. The van der Waals surface area contributed by atoms with Crippen molar-refractivity contribution in [2.75, 3.05) is 10.1 Å². The average molecular weight is 313 g/mol. The first-order valence-electron chi connectivity index (χ1n) is 5.64. The molecule has 106 valence electrons. The lowest BCUT2D eigenvalue weighted by Crippen LogP contribution is -2.14. The number of hydrazine groups is 1. The molecule has 0 aliphatic heterocycles. The van der Waals surface area contributed by atoms with Gasteiger partial charge < -0.3 is 5.43 Å². The highest BCUT2D eigenvalue weighted by atomic mass is 35.5. The minimum Gasteiger partial charge on any atom is -0.308 e. The number of hydrogen-bond donors (Lipinski definition) is 3. The molecule has 1 aromatic heterocycles. The topological polar surface area (TPSA) is 97.1 Å². The van der Waals surface area contributed by atoms with E-state index in [1.165, 1.54) is 18.3 Å². The highest BCUT2D eigenvalue weighted by Gasteiger charge is 2.16. The largest absolute Gasteiger partial charge is 0.308 e. The van der Waals surface area contributed by atoms with Crippen LogP contribution in [0.4, 0.5) is 11.5 Å². The zero-order valence-corrected chi connectivity index (χ0v) is 12.2. The van der Waals surface area contributed by atoms with Crippen molar-refractivity contribution in [1.29, 1.82) is 0 Å². The Hall–Kier alpha value is -1.83. The number of aryl methyl sites for hydroxylation is 1. The highest BCUT2D eigenvalue weighted by Crippen LogP contribution is 2.25. The third-order valence-corrected chi connectivity index (χ3v) is 4.24. The fourth-order valence-corrected chi connectivity index (χ4v) is 2.78. The maximum absolute atomic E-state index is 12.2. The van der Waals surface area contributed by atoms with Crippen LogP contribution in [0.15, 0.2) is 41.4 Å². The van der Waals surface area contributed by atoms with Gasteiger partial charge in [0.15, 0.2) is 0 Å². The molecule has 20 heavy (non-hydrogen) atoms. The molecular weight excluding hydrogens is 300 g/mol. The first-order chi connectivity index (χ1) is 9.42. The second kappa shape index (κ2) is 5.66. The Labute approximate surface area is 122 Å². The lowest BCUT2D eigenvalue weighted by Gasteiger charge is -2.10. The molecule has 0 amide bonds. The molecule has 0 unspecified atom stereocenters. The summed E-state index contributed by atoms with van der Waals surface area (Å²) in [5, 5.41) is 0.326. The summed E-state index contributed by atoms with van der Waals surface area (Å²) in [5.41, 5.74) is 3.55. The van der Waals surface area contributed by atoms with Crippen molar-refractivity contribution in [2.45, 2.75) is 11.8 Å². The first kappa shape index (κ1) is 14.6. The van der Waals surface area contributed by atoms with Gasteiger partial charge in [0.25, 0.3) is 10.0 Å². The SMILES string of the molecule is Cc1ccc(Cl)c(NS(=O)(=O)c2ccc(NN)nc2)c1. The molecule has 1 heterocycles. The van der Waals surface area contributed by atoms with E-state index in [-0.39, 0.29) is 4.90 Å². The summed E-state index contributed by atoms with van der Waals surface area (Å²) in [6.45, 7) is 1.84. The molecule has 0 saturated heterocycles. The molecule has 2 rings (SSSR count). The number of rotatable bonds is 4. The lowest BCUT2D eigenvalue weighted by atomic mass is 10.2. The van der Waals surface area contributed by atoms with E-state index in [1.807, 2.05) is 6.92 Å². The van der Waals surface area contributed by atoms with Crippen LogP contribution in [0.3, 0.4) is 0 Å². The van der Waals surface area contributed by atoms with Crippen LogP contribution in [0.1, 0.15) is 5.56 Å². The molecule has 6 nitrogen and oxygen atoms in total. The van der Waals surface area contributed by atoms with Crippen LogP contribution in [-0.2, 0) is 10.0 Å². The fourth-order valence-electron chi connectivity index (χ4n) is 1.55. The van der Waals surface area contributed by atoms with E-state index >= 15 is 0 Å². The van der Waals surface area contributed by atoms with Gasteiger partial charge in [-0.25, -0.2) is 19.2 Å². The molecule has 0 bridgehead atoms. The number of anilines is 2. The summed E-state index contributed by atoms with van der Waals surface area (Å²) < 4.78 is 26.8. The van der Waals surface area contributed by atoms with Gasteiger partial charge in [-0.3, -0.25) is 4.72 Å². The summed E-state index contributed by atoms with van der Waals surface area (Å²) in [6, 6.07) is 7.95. The Morgan fingerprint density at radius 3 is 2.60 bits per heavy atom. The zero-order valence-electron chi connectivity index (χ0n) is 10.6. The Morgan fingerprint density at radius 1 is 1.25 bits per heavy atom. The molecule has 2 aromatic rings. The van der Waals surface area contributed by atoms with Crippen LogP contribution in [0.5, 0.6) is 0 Å². The molecule has 1 aromatic carbocycles. The fraction of sp³-hybridized carbons (Fsp3) is 0.0833. The van der Waals surface area contributed by atoms with Gasteiger partial charge in [0, 0.05) is 6.20 Å². The summed E-state index contributed by atoms with van der Waals surface area (Å²) in [5.74, 6) is 5.55. The number of nitrogen functional groups attached to an aromatic ring is 1. The van der Waals surface area contributed by atoms with Gasteiger partial charge in [0.05, 0.1) is 10.7 Å². The molecule has 0 spiro atoms. The number of nitrogens with two attached hydrogens (primary N) is 1. The Balaban J connectivity index is 2.32. The minimum atomic E-state index is -3.74. The van der Waals surface area contributed by atoms with Gasteiger partial charge in [0.2, 0.25) is 0 Å². The number of sulfonamides is 1. The number of hydrogen-bond acceptors (Lipinski definition) is 5. The predicted octanol–water partition coefficient (Wildman–Crippen LogP) is 2.13. The van der Waals surface area contributed by atoms with E-state index in [4.69, 9.17) is 17.4 Å². The molecule has 0 aliphatic carbocycles. The molecule has 0 fully saturated rings. The zero-order chi connectivity index (χ0) is 14.8. The normalized spacial score (nSPS) is 11.2. The molecule has 0 saturated carbocycles. The Morgan fingerprint density at radius 2 is 2.00 bits per heavy atom. The minimum absolute atomic E-state index is 0.0223. The first-order valence-corrected chi connectivity index (χ1v) is 7.50.